The quantitative estimate of drug-likeness (QED) is 0.625. The van der Waals surface area contributed by atoms with Crippen LogP contribution in [0.2, 0.25) is 0 Å². The van der Waals surface area contributed by atoms with Crippen LogP contribution in [0.25, 0.3) is 0 Å². The number of carbonyl (C=O) groups is 1. The fourth-order valence-electron chi connectivity index (χ4n) is 1.89. The Morgan fingerprint density at radius 3 is 2.36 bits per heavy atom. The molecule has 0 spiro atoms. The second-order valence-electron chi connectivity index (χ2n) is 3.59. The number of esters is 1. The fraction of sp³-hybridized carbons (Fsp3) is 0.800. The molecule has 0 heterocycles. The minimum atomic E-state index is -0.803. The van der Waals surface area contributed by atoms with Crippen molar-refractivity contribution in [1.29, 1.82) is 5.26 Å². The van der Waals surface area contributed by atoms with Gasteiger partial charge in [0.25, 0.3) is 0 Å². The summed E-state index contributed by atoms with van der Waals surface area (Å²) in [5.41, 5.74) is -0.803. The maximum Gasteiger partial charge on any atom is 0.338 e. The van der Waals surface area contributed by atoms with Gasteiger partial charge in [-0.3, -0.25) is 0 Å². The highest BCUT2D eigenvalue weighted by Gasteiger charge is 2.43. The summed E-state index contributed by atoms with van der Waals surface area (Å²) >= 11 is 0. The van der Waals surface area contributed by atoms with Crippen LogP contribution in [0.15, 0.2) is 0 Å². The molecule has 0 atom stereocenters. The molecule has 0 radical (unpaired) electrons. The van der Waals surface area contributed by atoms with Gasteiger partial charge in [-0.05, 0) is 25.7 Å². The van der Waals surface area contributed by atoms with Crippen LogP contribution in [0, 0.1) is 17.2 Å². The van der Waals surface area contributed by atoms with Crippen molar-refractivity contribution in [2.45, 2.75) is 31.3 Å². The molecule has 0 N–H and O–H groups in total. The smallest absolute Gasteiger partial charge is 0.338 e. The third-order valence-electron chi connectivity index (χ3n) is 2.92. The Bertz CT molecular complexity index is 249. The van der Waals surface area contributed by atoms with E-state index in [1.54, 1.807) is 0 Å². The lowest BCUT2D eigenvalue weighted by Gasteiger charge is -2.34. The molecule has 0 unspecified atom stereocenters. The summed E-state index contributed by atoms with van der Waals surface area (Å²) in [4.78, 5) is 11.5. The molecule has 4 heteroatoms. The maximum absolute atomic E-state index is 11.5. The van der Waals surface area contributed by atoms with Crippen LogP contribution in [0.5, 0.6) is 0 Å². The first kappa shape index (κ1) is 11.0. The van der Waals surface area contributed by atoms with Crippen molar-refractivity contribution in [3.05, 3.63) is 0 Å². The highest BCUT2D eigenvalue weighted by Crippen LogP contribution is 2.35. The molecule has 0 saturated heterocycles. The zero-order valence-corrected chi connectivity index (χ0v) is 8.58. The molecule has 1 aliphatic rings. The van der Waals surface area contributed by atoms with E-state index >= 15 is 0 Å². The van der Waals surface area contributed by atoms with Gasteiger partial charge >= 0.3 is 5.97 Å². The topological polar surface area (TPSA) is 59.3 Å². The van der Waals surface area contributed by atoms with E-state index in [9.17, 15) is 4.79 Å². The molecule has 14 heavy (non-hydrogen) atoms. The third kappa shape index (κ3) is 1.88. The van der Waals surface area contributed by atoms with Crippen molar-refractivity contribution in [2.75, 3.05) is 14.2 Å². The van der Waals surface area contributed by atoms with Gasteiger partial charge in [0.2, 0.25) is 0 Å². The van der Waals surface area contributed by atoms with Crippen LogP contribution in [-0.4, -0.2) is 25.8 Å². The van der Waals surface area contributed by atoms with E-state index in [0.29, 0.717) is 25.7 Å². The van der Waals surface area contributed by atoms with Crippen LogP contribution in [0.4, 0.5) is 0 Å². The minimum Gasteiger partial charge on any atom is -0.467 e. The van der Waals surface area contributed by atoms with E-state index in [4.69, 9.17) is 14.7 Å². The van der Waals surface area contributed by atoms with Crippen LogP contribution in [0.1, 0.15) is 25.7 Å². The Kier molecular flexibility index (Phi) is 3.48. The Morgan fingerprint density at radius 2 is 2.00 bits per heavy atom. The van der Waals surface area contributed by atoms with E-state index in [1.807, 2.05) is 0 Å². The van der Waals surface area contributed by atoms with Crippen LogP contribution >= 0.6 is 0 Å². The molecule has 0 aliphatic heterocycles. The van der Waals surface area contributed by atoms with E-state index in [-0.39, 0.29) is 11.9 Å². The van der Waals surface area contributed by atoms with Gasteiger partial charge in [-0.25, -0.2) is 4.79 Å². The van der Waals surface area contributed by atoms with E-state index in [2.05, 4.69) is 6.07 Å². The van der Waals surface area contributed by atoms with Gasteiger partial charge in [0.1, 0.15) is 0 Å². The number of nitrogens with zero attached hydrogens (tertiary/aromatic N) is 1. The van der Waals surface area contributed by atoms with Crippen LogP contribution < -0.4 is 0 Å². The zero-order chi connectivity index (χ0) is 10.6. The number of methoxy groups -OCH3 is 2. The first-order valence-electron chi connectivity index (χ1n) is 4.71. The lowest BCUT2D eigenvalue weighted by Crippen LogP contribution is -2.44. The van der Waals surface area contributed by atoms with Gasteiger partial charge in [0, 0.05) is 13.0 Å². The van der Waals surface area contributed by atoms with E-state index in [0.717, 1.165) is 0 Å². The summed E-state index contributed by atoms with van der Waals surface area (Å²) in [5.74, 6) is -0.265. The third-order valence-corrected chi connectivity index (χ3v) is 2.92. The Labute approximate surface area is 83.8 Å². The number of ether oxygens (including phenoxy) is 2. The first-order valence-corrected chi connectivity index (χ1v) is 4.71. The van der Waals surface area contributed by atoms with E-state index in [1.165, 1.54) is 14.2 Å². The van der Waals surface area contributed by atoms with Crippen molar-refractivity contribution in [3.8, 4) is 6.07 Å². The Balaban J connectivity index is 2.67. The summed E-state index contributed by atoms with van der Waals surface area (Å²) in [7, 11) is 2.88. The molecule has 4 nitrogen and oxygen atoms in total. The van der Waals surface area contributed by atoms with Gasteiger partial charge in [0.05, 0.1) is 13.2 Å². The Morgan fingerprint density at radius 1 is 1.43 bits per heavy atom. The zero-order valence-electron chi connectivity index (χ0n) is 8.58. The van der Waals surface area contributed by atoms with Gasteiger partial charge in [-0.1, -0.05) is 0 Å². The number of hydrogen-bond donors (Lipinski definition) is 0. The summed E-state index contributed by atoms with van der Waals surface area (Å²) < 4.78 is 9.95. The SMILES string of the molecule is COC(=O)C1(OC)CCC(C#N)CC1. The molecule has 0 amide bonds. The van der Waals surface area contributed by atoms with Gasteiger partial charge in [-0.2, -0.15) is 5.26 Å². The summed E-state index contributed by atoms with van der Waals surface area (Å²) in [6.45, 7) is 0. The lowest BCUT2D eigenvalue weighted by atomic mass is 9.79. The average Bonchev–Trinajstić information content (AvgIpc) is 2.28. The molecular formula is C10H15NO3. The van der Waals surface area contributed by atoms with Gasteiger partial charge in [0.15, 0.2) is 5.60 Å². The average molecular weight is 197 g/mol. The highest BCUT2D eigenvalue weighted by atomic mass is 16.6. The summed E-state index contributed by atoms with van der Waals surface area (Å²) in [5, 5.41) is 8.72. The van der Waals surface area contributed by atoms with Gasteiger partial charge in [-0.15, -0.1) is 0 Å². The van der Waals surface area contributed by atoms with Crippen LogP contribution in [-0.2, 0) is 14.3 Å². The number of nitriles is 1. The molecule has 1 rings (SSSR count). The summed E-state index contributed by atoms with van der Waals surface area (Å²) in [6.07, 6.45) is 2.57. The van der Waals surface area contributed by atoms with Crippen molar-refractivity contribution in [3.63, 3.8) is 0 Å². The normalized spacial score (nSPS) is 31.9. The molecule has 1 aliphatic carbocycles. The number of rotatable bonds is 2. The molecule has 0 aromatic carbocycles. The first-order chi connectivity index (χ1) is 6.68. The molecule has 1 saturated carbocycles. The van der Waals surface area contributed by atoms with Crippen LogP contribution in [0.3, 0.4) is 0 Å². The van der Waals surface area contributed by atoms with Gasteiger partial charge < -0.3 is 9.47 Å². The largest absolute Gasteiger partial charge is 0.467 e. The molecule has 1 fully saturated rings. The standard InChI is InChI=1S/C10H15NO3/c1-13-9(12)10(14-2)5-3-8(7-11)4-6-10/h8H,3-6H2,1-2H3. The van der Waals surface area contributed by atoms with Crippen molar-refractivity contribution >= 4 is 5.97 Å². The maximum atomic E-state index is 11.5. The highest BCUT2D eigenvalue weighted by molar-refractivity contribution is 5.79. The number of hydrogen-bond acceptors (Lipinski definition) is 4. The molecule has 0 aromatic heterocycles. The monoisotopic (exact) mass is 197 g/mol. The molecule has 0 aromatic rings. The molecule has 0 bridgehead atoms. The van der Waals surface area contributed by atoms with Crippen molar-refractivity contribution in [1.82, 2.24) is 0 Å². The summed E-state index contributed by atoms with van der Waals surface area (Å²) in [6, 6.07) is 2.22. The predicted octanol–water partition coefficient (Wildman–Crippen LogP) is 1.26. The Hall–Kier alpha value is -1.08. The van der Waals surface area contributed by atoms with Crippen molar-refractivity contribution < 1.29 is 14.3 Å². The van der Waals surface area contributed by atoms with Crippen molar-refractivity contribution in [2.24, 2.45) is 5.92 Å². The fourth-order valence-corrected chi connectivity index (χ4v) is 1.89. The minimum absolute atomic E-state index is 0.0583. The molecule has 78 valence electrons. The van der Waals surface area contributed by atoms with E-state index < -0.39 is 5.60 Å². The lowest BCUT2D eigenvalue weighted by molar-refractivity contribution is -0.170. The number of carbonyl (C=O) groups excluding carboxylic acids is 1. The second-order valence-corrected chi connectivity index (χ2v) is 3.59. The predicted molar refractivity (Wildman–Crippen MR) is 49.3 cm³/mol. The molecular weight excluding hydrogens is 182 g/mol. The second kappa shape index (κ2) is 4.43.